The van der Waals surface area contributed by atoms with Gasteiger partial charge in [-0.05, 0) is 70.6 Å². The summed E-state index contributed by atoms with van der Waals surface area (Å²) in [5, 5.41) is 5.30. The molecular formula is C29H49N2O10P. The second-order valence-corrected chi connectivity index (χ2v) is 12.4. The fraction of sp³-hybridized carbons (Fsp3) is 0.793. The Morgan fingerprint density at radius 2 is 1.31 bits per heavy atom. The smallest absolute Gasteiger partial charge is 0.462 e. The van der Waals surface area contributed by atoms with E-state index in [4.69, 9.17) is 19.3 Å². The molecule has 0 radical (unpaired) electrons. The van der Waals surface area contributed by atoms with E-state index in [2.05, 4.69) is 15.2 Å². The number of amides is 2. The molecule has 13 heteroatoms. The minimum absolute atomic E-state index is 0.0212. The Hall–Kier alpha value is -2.27. The zero-order chi connectivity index (χ0) is 30.6. The minimum atomic E-state index is -4.40. The number of carbonyl (C=O) groups excluding carboxylic acids is 4. The number of phosphoric ester groups is 1. The van der Waals surface area contributed by atoms with E-state index in [0.29, 0.717) is 13.0 Å². The average molecular weight is 617 g/mol. The van der Waals surface area contributed by atoms with E-state index in [9.17, 15) is 23.7 Å². The van der Waals surface area contributed by atoms with E-state index in [-0.39, 0.29) is 31.7 Å². The second-order valence-electron chi connectivity index (χ2n) is 11.1. The molecule has 0 saturated heterocycles. The van der Waals surface area contributed by atoms with Crippen molar-refractivity contribution in [3.05, 3.63) is 12.2 Å². The maximum absolute atomic E-state index is 12.9. The van der Waals surface area contributed by atoms with Crippen LogP contribution in [0, 0.1) is 0 Å². The van der Waals surface area contributed by atoms with Crippen molar-refractivity contribution in [2.24, 2.45) is 0 Å². The van der Waals surface area contributed by atoms with Gasteiger partial charge in [0, 0.05) is 25.1 Å². The minimum Gasteiger partial charge on any atom is -0.462 e. The highest BCUT2D eigenvalue weighted by atomic mass is 31.2. The molecule has 2 aliphatic rings. The Morgan fingerprint density at radius 1 is 0.762 bits per heavy atom. The van der Waals surface area contributed by atoms with Crippen LogP contribution in [0.4, 0.5) is 0 Å². The topological polar surface area (TPSA) is 178 Å². The molecule has 0 heterocycles. The van der Waals surface area contributed by atoms with Gasteiger partial charge in [-0.1, -0.05) is 38.5 Å². The average Bonchev–Trinajstić information content (AvgIpc) is 2.95. The molecule has 2 fully saturated rings. The fourth-order valence-corrected chi connectivity index (χ4v) is 5.49. The SMILES string of the molecule is O=C(/C=C/C(=O)NC(CCC(=O)OC1CCCCC1)C(=O)OC1CCCCC1)NCCCCCCCCOP(=O)(O)O. The molecule has 2 rings (SSSR count). The van der Waals surface area contributed by atoms with E-state index < -0.39 is 37.6 Å². The highest BCUT2D eigenvalue weighted by molar-refractivity contribution is 7.46. The molecule has 12 nitrogen and oxygen atoms in total. The Labute approximate surface area is 248 Å². The van der Waals surface area contributed by atoms with Crippen LogP contribution in [-0.4, -0.2) is 64.9 Å². The van der Waals surface area contributed by atoms with Crippen LogP contribution >= 0.6 is 7.82 Å². The molecule has 2 amide bonds. The molecule has 0 aromatic rings. The lowest BCUT2D eigenvalue weighted by Crippen LogP contribution is -2.43. The summed E-state index contributed by atoms with van der Waals surface area (Å²) in [5.41, 5.74) is 0. The zero-order valence-electron chi connectivity index (χ0n) is 24.6. The summed E-state index contributed by atoms with van der Waals surface area (Å²) in [6, 6.07) is -1.02. The highest BCUT2D eigenvalue weighted by Crippen LogP contribution is 2.35. The summed E-state index contributed by atoms with van der Waals surface area (Å²) in [5.74, 6) is -2.03. The zero-order valence-corrected chi connectivity index (χ0v) is 25.5. The third-order valence-electron chi connectivity index (χ3n) is 7.44. The molecule has 1 atom stereocenters. The molecule has 0 aromatic heterocycles. The van der Waals surface area contributed by atoms with Gasteiger partial charge in [0.05, 0.1) is 6.61 Å². The molecular weight excluding hydrogens is 567 g/mol. The van der Waals surface area contributed by atoms with Crippen LogP contribution in [0.2, 0.25) is 0 Å². The first-order valence-electron chi connectivity index (χ1n) is 15.5. The van der Waals surface area contributed by atoms with Crippen LogP contribution in [-0.2, 0) is 37.7 Å². The number of hydrogen-bond acceptors (Lipinski definition) is 8. The Bertz CT molecular complexity index is 910. The van der Waals surface area contributed by atoms with Gasteiger partial charge in [-0.3, -0.25) is 18.9 Å². The first-order chi connectivity index (χ1) is 20.1. The monoisotopic (exact) mass is 616 g/mol. The quantitative estimate of drug-likeness (QED) is 0.0714. The largest absolute Gasteiger partial charge is 0.469 e. The van der Waals surface area contributed by atoms with E-state index in [0.717, 1.165) is 108 Å². The van der Waals surface area contributed by atoms with Gasteiger partial charge in [-0.15, -0.1) is 0 Å². The Kier molecular flexibility index (Phi) is 17.6. The fourth-order valence-electron chi connectivity index (χ4n) is 5.13. The van der Waals surface area contributed by atoms with Crippen molar-refractivity contribution < 1.29 is 47.5 Å². The van der Waals surface area contributed by atoms with Crippen molar-refractivity contribution in [1.29, 1.82) is 0 Å². The van der Waals surface area contributed by atoms with Gasteiger partial charge in [0.25, 0.3) is 0 Å². The van der Waals surface area contributed by atoms with Gasteiger partial charge >= 0.3 is 19.8 Å². The van der Waals surface area contributed by atoms with Crippen LogP contribution in [0.3, 0.4) is 0 Å². The first kappa shape index (κ1) is 35.9. The van der Waals surface area contributed by atoms with Crippen molar-refractivity contribution in [1.82, 2.24) is 10.6 Å². The number of phosphoric acid groups is 1. The first-order valence-corrected chi connectivity index (χ1v) is 17.0. The number of nitrogens with one attached hydrogen (secondary N) is 2. The maximum Gasteiger partial charge on any atom is 0.469 e. The van der Waals surface area contributed by atoms with E-state index in [1.807, 2.05) is 0 Å². The Morgan fingerprint density at radius 3 is 1.93 bits per heavy atom. The standard InChI is InChI=1S/C29H49N2O10P/c32-26(30-21-11-3-1-2-4-12-22-39-42(36,37)38)18-19-27(33)31-25(29(35)41-24-15-9-6-10-16-24)17-20-28(34)40-23-13-7-5-8-14-23/h18-19,23-25H,1-17,20-22H2,(H,30,32)(H,31,33)(H2,36,37,38)/b19-18+. The molecule has 2 saturated carbocycles. The predicted octanol–water partition coefficient (Wildman–Crippen LogP) is 4.13. The van der Waals surface area contributed by atoms with Gasteiger partial charge in [-0.25, -0.2) is 9.36 Å². The molecule has 0 bridgehead atoms. The maximum atomic E-state index is 12.9. The summed E-state index contributed by atoms with van der Waals surface area (Å²) < 4.78 is 26.2. The lowest BCUT2D eigenvalue weighted by molar-refractivity contribution is -0.155. The van der Waals surface area contributed by atoms with E-state index >= 15 is 0 Å². The van der Waals surface area contributed by atoms with Crippen molar-refractivity contribution in [3.8, 4) is 0 Å². The number of unbranched alkanes of at least 4 members (excludes halogenated alkanes) is 5. The molecule has 0 spiro atoms. The van der Waals surface area contributed by atoms with Gasteiger partial charge in [0.15, 0.2) is 0 Å². The number of rotatable bonds is 19. The van der Waals surface area contributed by atoms with Crippen molar-refractivity contribution in [2.45, 2.75) is 134 Å². The van der Waals surface area contributed by atoms with Crippen LogP contribution in [0.1, 0.15) is 116 Å². The predicted molar refractivity (Wildman–Crippen MR) is 155 cm³/mol. The van der Waals surface area contributed by atoms with Crippen LogP contribution in [0.25, 0.3) is 0 Å². The highest BCUT2D eigenvalue weighted by Gasteiger charge is 2.27. The van der Waals surface area contributed by atoms with Crippen LogP contribution in [0.5, 0.6) is 0 Å². The molecule has 1 unspecified atom stereocenters. The summed E-state index contributed by atoms with van der Waals surface area (Å²) in [4.78, 5) is 67.2. The van der Waals surface area contributed by atoms with Crippen LogP contribution < -0.4 is 10.6 Å². The molecule has 240 valence electrons. The molecule has 2 aliphatic carbocycles. The summed E-state index contributed by atoms with van der Waals surface area (Å²) in [6.45, 7) is 0.460. The number of hydrogen-bond donors (Lipinski definition) is 4. The lowest BCUT2D eigenvalue weighted by atomic mass is 9.97. The summed E-state index contributed by atoms with van der Waals surface area (Å²) >= 11 is 0. The number of ether oxygens (including phenoxy) is 2. The number of esters is 2. The molecule has 0 aliphatic heterocycles. The summed E-state index contributed by atoms with van der Waals surface area (Å²) in [6.07, 6.45) is 16.3. The van der Waals surface area contributed by atoms with Crippen molar-refractivity contribution in [3.63, 3.8) is 0 Å². The van der Waals surface area contributed by atoms with Crippen molar-refractivity contribution >= 4 is 31.6 Å². The summed E-state index contributed by atoms with van der Waals surface area (Å²) in [7, 11) is -4.40. The number of carbonyl (C=O) groups is 4. The molecule has 4 N–H and O–H groups in total. The molecule has 0 aromatic carbocycles. The third kappa shape index (κ3) is 17.6. The normalized spacial score (nSPS) is 17.5. The van der Waals surface area contributed by atoms with Gasteiger partial charge < -0.3 is 29.9 Å². The van der Waals surface area contributed by atoms with Crippen LogP contribution in [0.15, 0.2) is 12.2 Å². The van der Waals surface area contributed by atoms with E-state index in [1.54, 1.807) is 0 Å². The molecule has 42 heavy (non-hydrogen) atoms. The second kappa shape index (κ2) is 20.6. The van der Waals surface area contributed by atoms with Gasteiger partial charge in [-0.2, -0.15) is 0 Å². The van der Waals surface area contributed by atoms with Gasteiger partial charge in [0.1, 0.15) is 18.2 Å². The Balaban J connectivity index is 1.69. The van der Waals surface area contributed by atoms with Crippen molar-refractivity contribution in [2.75, 3.05) is 13.2 Å². The lowest BCUT2D eigenvalue weighted by Gasteiger charge is -2.25. The van der Waals surface area contributed by atoms with E-state index in [1.165, 1.54) is 0 Å². The van der Waals surface area contributed by atoms with Gasteiger partial charge in [0.2, 0.25) is 11.8 Å². The third-order valence-corrected chi connectivity index (χ3v) is 7.96.